The Hall–Kier alpha value is -1.90. The molecule has 2 N–H and O–H groups in total. The molecule has 112 valence electrons. The van der Waals surface area contributed by atoms with Crippen molar-refractivity contribution < 1.29 is 18.3 Å². The van der Waals surface area contributed by atoms with Gasteiger partial charge in [0.2, 0.25) is 0 Å². The minimum absolute atomic E-state index is 0.0809. The third-order valence-corrected chi connectivity index (χ3v) is 4.85. The van der Waals surface area contributed by atoms with Gasteiger partial charge in [0.05, 0.1) is 6.20 Å². The topological polar surface area (TPSA) is 103 Å². The number of halogens is 1. The van der Waals surface area contributed by atoms with Crippen LogP contribution in [0.15, 0.2) is 35.5 Å². The van der Waals surface area contributed by atoms with Gasteiger partial charge < -0.3 is 5.11 Å². The molecule has 0 fully saturated rings. The first-order valence-corrected chi connectivity index (χ1v) is 7.61. The van der Waals surface area contributed by atoms with Crippen LogP contribution in [0.25, 0.3) is 0 Å². The smallest absolute Gasteiger partial charge is 0.340 e. The highest BCUT2D eigenvalue weighted by atomic mass is 35.5. The van der Waals surface area contributed by atoms with Crippen LogP contribution in [0.3, 0.4) is 0 Å². The zero-order chi connectivity index (χ0) is 15.6. The molecule has 0 spiro atoms. The van der Waals surface area contributed by atoms with Crippen LogP contribution in [0.4, 0.5) is 0 Å². The highest BCUT2D eigenvalue weighted by molar-refractivity contribution is 7.89. The number of aromatic nitrogens is 2. The van der Waals surface area contributed by atoms with Crippen LogP contribution >= 0.6 is 11.6 Å². The van der Waals surface area contributed by atoms with Crippen molar-refractivity contribution in [3.8, 4) is 0 Å². The Morgan fingerprint density at radius 1 is 1.38 bits per heavy atom. The SMILES string of the molecule is CN(Cc1ccc(Cl)cc1)S(=O)(=O)c1[nH]ncc1C(=O)O. The third-order valence-electron chi connectivity index (χ3n) is 2.82. The summed E-state index contributed by atoms with van der Waals surface area (Å²) in [4.78, 5) is 11.0. The maximum absolute atomic E-state index is 12.4. The number of hydrogen-bond acceptors (Lipinski definition) is 4. The number of carbonyl (C=O) groups is 1. The van der Waals surface area contributed by atoms with Crippen LogP contribution in [-0.2, 0) is 16.6 Å². The van der Waals surface area contributed by atoms with Gasteiger partial charge in [-0.15, -0.1) is 0 Å². The first-order chi connectivity index (χ1) is 9.82. The van der Waals surface area contributed by atoms with Crippen molar-refractivity contribution in [2.24, 2.45) is 0 Å². The summed E-state index contributed by atoms with van der Waals surface area (Å²) in [7, 11) is -2.62. The van der Waals surface area contributed by atoms with Gasteiger partial charge in [-0.3, -0.25) is 5.10 Å². The van der Waals surface area contributed by atoms with Crippen LogP contribution < -0.4 is 0 Å². The first kappa shape index (κ1) is 15.5. The number of aromatic carboxylic acids is 1. The normalized spacial score (nSPS) is 11.8. The minimum Gasteiger partial charge on any atom is -0.478 e. The second-order valence-corrected chi connectivity index (χ2v) is 6.72. The van der Waals surface area contributed by atoms with E-state index >= 15 is 0 Å². The summed E-state index contributed by atoms with van der Waals surface area (Å²) in [5.41, 5.74) is 0.333. The first-order valence-electron chi connectivity index (χ1n) is 5.80. The fourth-order valence-electron chi connectivity index (χ4n) is 1.71. The molecule has 0 radical (unpaired) electrons. The molecule has 0 atom stereocenters. The molecule has 0 unspecified atom stereocenters. The highest BCUT2D eigenvalue weighted by Gasteiger charge is 2.28. The zero-order valence-corrected chi connectivity index (χ0v) is 12.5. The number of rotatable bonds is 5. The summed E-state index contributed by atoms with van der Waals surface area (Å²) in [5.74, 6) is -1.36. The maximum atomic E-state index is 12.4. The molecular formula is C12H12ClN3O4S. The Kier molecular flexibility index (Phi) is 4.31. The largest absolute Gasteiger partial charge is 0.478 e. The summed E-state index contributed by atoms with van der Waals surface area (Å²) in [6.07, 6.45) is 0.964. The molecule has 0 aliphatic rings. The van der Waals surface area contributed by atoms with Crippen LogP contribution in [0.5, 0.6) is 0 Å². The molecule has 0 aliphatic heterocycles. The lowest BCUT2D eigenvalue weighted by Gasteiger charge is -2.16. The average molecular weight is 330 g/mol. The van der Waals surface area contributed by atoms with E-state index in [1.165, 1.54) is 7.05 Å². The lowest BCUT2D eigenvalue weighted by atomic mass is 10.2. The van der Waals surface area contributed by atoms with E-state index < -0.39 is 26.6 Å². The number of aromatic amines is 1. The van der Waals surface area contributed by atoms with Crippen molar-refractivity contribution in [3.63, 3.8) is 0 Å². The average Bonchev–Trinajstić information content (AvgIpc) is 2.91. The fraction of sp³-hybridized carbons (Fsp3) is 0.167. The second kappa shape index (κ2) is 5.84. The number of benzene rings is 1. The summed E-state index contributed by atoms with van der Waals surface area (Å²) in [6, 6.07) is 6.69. The Morgan fingerprint density at radius 2 is 2.00 bits per heavy atom. The van der Waals surface area contributed by atoms with Gasteiger partial charge in [0, 0.05) is 18.6 Å². The summed E-state index contributed by atoms with van der Waals surface area (Å²) in [6.45, 7) is 0.0809. The van der Waals surface area contributed by atoms with Crippen LogP contribution in [-0.4, -0.2) is 41.0 Å². The molecule has 0 aliphatic carbocycles. The van der Waals surface area contributed by atoms with Crippen LogP contribution in [0.1, 0.15) is 15.9 Å². The van der Waals surface area contributed by atoms with Crippen molar-refractivity contribution >= 4 is 27.6 Å². The molecule has 21 heavy (non-hydrogen) atoms. The van der Waals surface area contributed by atoms with E-state index in [1.807, 2.05) is 0 Å². The molecule has 0 saturated carbocycles. The summed E-state index contributed by atoms with van der Waals surface area (Å²) in [5, 5.41) is 14.8. The molecule has 1 aromatic heterocycles. The van der Waals surface area contributed by atoms with E-state index in [2.05, 4.69) is 10.2 Å². The Bertz CT molecular complexity index is 755. The van der Waals surface area contributed by atoms with Gasteiger partial charge in [0.25, 0.3) is 10.0 Å². The van der Waals surface area contributed by atoms with Crippen LogP contribution in [0, 0.1) is 0 Å². The van der Waals surface area contributed by atoms with E-state index in [1.54, 1.807) is 24.3 Å². The van der Waals surface area contributed by atoms with E-state index in [-0.39, 0.29) is 6.54 Å². The fourth-order valence-corrected chi connectivity index (χ4v) is 3.05. The van der Waals surface area contributed by atoms with Crippen molar-refractivity contribution in [3.05, 3.63) is 46.6 Å². The molecule has 2 aromatic rings. The summed E-state index contributed by atoms with van der Waals surface area (Å²) < 4.78 is 25.7. The van der Waals surface area contributed by atoms with E-state index in [0.29, 0.717) is 5.02 Å². The van der Waals surface area contributed by atoms with Gasteiger partial charge >= 0.3 is 5.97 Å². The summed E-state index contributed by atoms with van der Waals surface area (Å²) >= 11 is 5.76. The second-order valence-electron chi connectivity index (χ2n) is 4.31. The molecule has 1 aromatic carbocycles. The number of sulfonamides is 1. The zero-order valence-electron chi connectivity index (χ0n) is 10.9. The number of nitrogens with one attached hydrogen (secondary N) is 1. The predicted octanol–water partition coefficient (Wildman–Crippen LogP) is 1.58. The molecule has 1 heterocycles. The van der Waals surface area contributed by atoms with Crippen molar-refractivity contribution in [2.45, 2.75) is 11.6 Å². The van der Waals surface area contributed by atoms with Crippen molar-refractivity contribution in [2.75, 3.05) is 7.05 Å². The Balaban J connectivity index is 2.28. The van der Waals surface area contributed by atoms with E-state index in [4.69, 9.17) is 16.7 Å². The quantitative estimate of drug-likeness (QED) is 0.866. The van der Waals surface area contributed by atoms with Crippen molar-refractivity contribution in [1.82, 2.24) is 14.5 Å². The van der Waals surface area contributed by atoms with Gasteiger partial charge in [0.15, 0.2) is 5.03 Å². The lowest BCUT2D eigenvalue weighted by Crippen LogP contribution is -2.28. The monoisotopic (exact) mass is 329 g/mol. The van der Waals surface area contributed by atoms with E-state index in [0.717, 1.165) is 16.1 Å². The molecule has 7 nitrogen and oxygen atoms in total. The maximum Gasteiger partial charge on any atom is 0.340 e. The molecular weight excluding hydrogens is 318 g/mol. The van der Waals surface area contributed by atoms with Gasteiger partial charge in [-0.25, -0.2) is 13.2 Å². The van der Waals surface area contributed by atoms with Gasteiger partial charge in [-0.2, -0.15) is 9.40 Å². The predicted molar refractivity (Wildman–Crippen MR) is 75.7 cm³/mol. The highest BCUT2D eigenvalue weighted by Crippen LogP contribution is 2.19. The third kappa shape index (κ3) is 3.23. The molecule has 0 amide bonds. The molecule has 0 saturated heterocycles. The number of H-pyrrole nitrogens is 1. The molecule has 9 heteroatoms. The number of carboxylic acids is 1. The standard InChI is InChI=1S/C12H12ClN3O4S/c1-16(7-8-2-4-9(13)5-3-8)21(19,20)11-10(12(17)18)6-14-15-11/h2-6H,7H2,1H3,(H,14,15)(H,17,18). The minimum atomic E-state index is -3.98. The van der Waals surface area contributed by atoms with Gasteiger partial charge in [-0.1, -0.05) is 23.7 Å². The lowest BCUT2D eigenvalue weighted by molar-refractivity contribution is 0.0692. The number of hydrogen-bond donors (Lipinski definition) is 2. The molecule has 0 bridgehead atoms. The Morgan fingerprint density at radius 3 is 2.57 bits per heavy atom. The molecule has 2 rings (SSSR count). The number of carboxylic acid groups (broad SMARTS) is 1. The van der Waals surface area contributed by atoms with Crippen molar-refractivity contribution in [1.29, 1.82) is 0 Å². The van der Waals surface area contributed by atoms with Crippen LogP contribution in [0.2, 0.25) is 5.02 Å². The number of nitrogens with zero attached hydrogens (tertiary/aromatic N) is 2. The van der Waals surface area contributed by atoms with Gasteiger partial charge in [0.1, 0.15) is 5.56 Å². The Labute approximate surface area is 126 Å². The van der Waals surface area contributed by atoms with Gasteiger partial charge in [-0.05, 0) is 17.7 Å². The van der Waals surface area contributed by atoms with E-state index in [9.17, 15) is 13.2 Å².